The van der Waals surface area contributed by atoms with Crippen LogP contribution in [0.25, 0.3) is 0 Å². The van der Waals surface area contributed by atoms with E-state index in [1.54, 1.807) is 24.3 Å². The molecule has 2 aromatic carbocycles. The SMILES string of the molecule is O=C(O)c1ccc([N+](=O)[O-])c(Nc2cccc(Cl)c2)c1. The molecule has 20 heavy (non-hydrogen) atoms. The first kappa shape index (κ1) is 13.8. The molecule has 0 atom stereocenters. The summed E-state index contributed by atoms with van der Waals surface area (Å²) in [5.74, 6) is -1.16. The quantitative estimate of drug-likeness (QED) is 0.662. The van der Waals surface area contributed by atoms with E-state index >= 15 is 0 Å². The van der Waals surface area contributed by atoms with E-state index in [0.29, 0.717) is 10.7 Å². The third-order valence-corrected chi connectivity index (χ3v) is 2.78. The highest BCUT2D eigenvalue weighted by Gasteiger charge is 2.16. The molecule has 7 heteroatoms. The predicted molar refractivity (Wildman–Crippen MR) is 74.8 cm³/mol. The monoisotopic (exact) mass is 292 g/mol. The molecule has 0 amide bonds. The second-order valence-corrected chi connectivity index (χ2v) is 4.37. The predicted octanol–water partition coefficient (Wildman–Crippen LogP) is 3.69. The van der Waals surface area contributed by atoms with Gasteiger partial charge in [-0.3, -0.25) is 10.1 Å². The summed E-state index contributed by atoms with van der Waals surface area (Å²) in [4.78, 5) is 21.3. The van der Waals surface area contributed by atoms with Crippen molar-refractivity contribution in [1.82, 2.24) is 0 Å². The van der Waals surface area contributed by atoms with Crippen molar-refractivity contribution in [3.8, 4) is 0 Å². The van der Waals surface area contributed by atoms with E-state index in [2.05, 4.69) is 5.32 Å². The Morgan fingerprint density at radius 3 is 2.60 bits per heavy atom. The topological polar surface area (TPSA) is 92.5 Å². The van der Waals surface area contributed by atoms with Crippen LogP contribution in [0.4, 0.5) is 17.1 Å². The van der Waals surface area contributed by atoms with Crippen molar-refractivity contribution in [2.45, 2.75) is 0 Å². The number of aromatic carboxylic acids is 1. The maximum atomic E-state index is 11.0. The van der Waals surface area contributed by atoms with Crippen LogP contribution in [0.15, 0.2) is 42.5 Å². The Hall–Kier alpha value is -2.60. The molecular weight excluding hydrogens is 284 g/mol. The summed E-state index contributed by atoms with van der Waals surface area (Å²) in [7, 11) is 0. The van der Waals surface area contributed by atoms with Crippen molar-refractivity contribution < 1.29 is 14.8 Å². The normalized spacial score (nSPS) is 10.1. The van der Waals surface area contributed by atoms with Crippen LogP contribution in [-0.2, 0) is 0 Å². The Morgan fingerprint density at radius 1 is 1.25 bits per heavy atom. The Morgan fingerprint density at radius 2 is 2.00 bits per heavy atom. The standard InChI is InChI=1S/C13H9ClN2O4/c14-9-2-1-3-10(7-9)15-11-6-8(13(17)18)4-5-12(11)16(19)20/h1-7,15H,(H,17,18). The molecule has 2 rings (SSSR count). The van der Waals surface area contributed by atoms with Crippen LogP contribution in [0.3, 0.4) is 0 Å². The van der Waals surface area contributed by atoms with E-state index in [9.17, 15) is 14.9 Å². The summed E-state index contributed by atoms with van der Waals surface area (Å²) in [6, 6.07) is 10.1. The van der Waals surface area contributed by atoms with Crippen LogP contribution in [0, 0.1) is 10.1 Å². The average Bonchev–Trinajstić information content (AvgIpc) is 2.38. The second kappa shape index (κ2) is 5.58. The average molecular weight is 293 g/mol. The number of carboxylic acid groups (broad SMARTS) is 1. The van der Waals surface area contributed by atoms with Crippen molar-refractivity contribution in [3.63, 3.8) is 0 Å². The molecule has 2 aromatic rings. The highest BCUT2D eigenvalue weighted by atomic mass is 35.5. The number of rotatable bonds is 4. The zero-order chi connectivity index (χ0) is 14.7. The Bertz CT molecular complexity index is 688. The third kappa shape index (κ3) is 3.04. The lowest BCUT2D eigenvalue weighted by Crippen LogP contribution is -2.01. The Labute approximate surface area is 118 Å². The van der Waals surface area contributed by atoms with E-state index in [1.165, 1.54) is 12.1 Å². The third-order valence-electron chi connectivity index (χ3n) is 2.54. The van der Waals surface area contributed by atoms with Crippen molar-refractivity contribution in [3.05, 3.63) is 63.2 Å². The molecule has 0 heterocycles. The molecule has 0 aliphatic rings. The molecular formula is C13H9ClN2O4. The largest absolute Gasteiger partial charge is 0.478 e. The molecule has 0 bridgehead atoms. The summed E-state index contributed by atoms with van der Waals surface area (Å²) in [6.07, 6.45) is 0. The smallest absolute Gasteiger partial charge is 0.335 e. The first-order valence-electron chi connectivity index (χ1n) is 5.51. The summed E-state index contributed by atoms with van der Waals surface area (Å²) < 4.78 is 0. The zero-order valence-electron chi connectivity index (χ0n) is 10.0. The molecule has 0 radical (unpaired) electrons. The summed E-state index contributed by atoms with van der Waals surface area (Å²) in [6.45, 7) is 0. The van der Waals surface area contributed by atoms with Crippen LogP contribution in [0.1, 0.15) is 10.4 Å². The van der Waals surface area contributed by atoms with Gasteiger partial charge in [0, 0.05) is 16.8 Å². The molecule has 0 saturated carbocycles. The van der Waals surface area contributed by atoms with Crippen molar-refractivity contribution in [1.29, 1.82) is 0 Å². The van der Waals surface area contributed by atoms with Crippen molar-refractivity contribution in [2.75, 3.05) is 5.32 Å². The van der Waals surface area contributed by atoms with Crippen molar-refractivity contribution >= 4 is 34.6 Å². The van der Waals surface area contributed by atoms with E-state index in [-0.39, 0.29) is 16.9 Å². The molecule has 2 N–H and O–H groups in total. The van der Waals surface area contributed by atoms with Gasteiger partial charge in [-0.2, -0.15) is 0 Å². The first-order valence-corrected chi connectivity index (χ1v) is 5.89. The van der Waals surface area contributed by atoms with Gasteiger partial charge in [-0.25, -0.2) is 4.79 Å². The highest BCUT2D eigenvalue weighted by molar-refractivity contribution is 6.30. The van der Waals surface area contributed by atoms with Crippen LogP contribution in [0.2, 0.25) is 5.02 Å². The van der Waals surface area contributed by atoms with Gasteiger partial charge in [0.25, 0.3) is 5.69 Å². The highest BCUT2D eigenvalue weighted by Crippen LogP contribution is 2.29. The minimum atomic E-state index is -1.16. The minimum absolute atomic E-state index is 0.0415. The van der Waals surface area contributed by atoms with Gasteiger partial charge in [0.05, 0.1) is 10.5 Å². The number of nitro benzene ring substituents is 1. The molecule has 0 aliphatic carbocycles. The molecule has 102 valence electrons. The lowest BCUT2D eigenvalue weighted by Gasteiger charge is -2.08. The lowest BCUT2D eigenvalue weighted by atomic mass is 10.1. The van der Waals surface area contributed by atoms with Crippen LogP contribution < -0.4 is 5.32 Å². The molecule has 0 spiro atoms. The van der Waals surface area contributed by atoms with Gasteiger partial charge in [0.15, 0.2) is 0 Å². The minimum Gasteiger partial charge on any atom is -0.478 e. The fourth-order valence-electron chi connectivity index (χ4n) is 1.65. The number of nitrogens with zero attached hydrogens (tertiary/aromatic N) is 1. The molecule has 0 aliphatic heterocycles. The Kier molecular flexibility index (Phi) is 3.86. The number of nitrogens with one attached hydrogen (secondary N) is 1. The van der Waals surface area contributed by atoms with Gasteiger partial charge in [0.2, 0.25) is 0 Å². The Balaban J connectivity index is 2.44. The summed E-state index contributed by atoms with van der Waals surface area (Å²) in [5, 5.41) is 23.1. The number of hydrogen-bond donors (Lipinski definition) is 2. The zero-order valence-corrected chi connectivity index (χ0v) is 10.8. The molecule has 0 fully saturated rings. The van der Waals surface area contributed by atoms with Crippen LogP contribution in [0.5, 0.6) is 0 Å². The number of carboxylic acids is 1. The molecule has 6 nitrogen and oxygen atoms in total. The maximum Gasteiger partial charge on any atom is 0.335 e. The van der Waals surface area contributed by atoms with Crippen molar-refractivity contribution in [2.24, 2.45) is 0 Å². The van der Waals surface area contributed by atoms with Gasteiger partial charge in [-0.05, 0) is 30.3 Å². The molecule has 0 unspecified atom stereocenters. The summed E-state index contributed by atoms with van der Waals surface area (Å²) >= 11 is 5.83. The van der Waals surface area contributed by atoms with Gasteiger partial charge in [-0.1, -0.05) is 17.7 Å². The fourth-order valence-corrected chi connectivity index (χ4v) is 1.84. The second-order valence-electron chi connectivity index (χ2n) is 3.93. The number of nitro groups is 1. The fraction of sp³-hybridized carbons (Fsp3) is 0. The van der Waals surface area contributed by atoms with E-state index in [1.807, 2.05) is 0 Å². The first-order chi connectivity index (χ1) is 9.47. The molecule has 0 saturated heterocycles. The summed E-state index contributed by atoms with van der Waals surface area (Å²) in [5.41, 5.74) is 0.371. The van der Waals surface area contributed by atoms with E-state index in [4.69, 9.17) is 16.7 Å². The van der Waals surface area contributed by atoms with E-state index in [0.717, 1.165) is 6.07 Å². The number of benzene rings is 2. The number of hydrogen-bond acceptors (Lipinski definition) is 4. The van der Waals surface area contributed by atoms with E-state index < -0.39 is 10.9 Å². The number of halogens is 1. The molecule has 0 aromatic heterocycles. The van der Waals surface area contributed by atoms with Gasteiger partial charge in [0.1, 0.15) is 5.69 Å². The van der Waals surface area contributed by atoms with Gasteiger partial charge < -0.3 is 10.4 Å². The maximum absolute atomic E-state index is 11.0. The number of carbonyl (C=O) groups is 1. The van der Waals surface area contributed by atoms with Crippen LogP contribution >= 0.6 is 11.6 Å². The van der Waals surface area contributed by atoms with Gasteiger partial charge >= 0.3 is 5.97 Å². The van der Waals surface area contributed by atoms with Crippen LogP contribution in [-0.4, -0.2) is 16.0 Å². The lowest BCUT2D eigenvalue weighted by molar-refractivity contribution is -0.383. The van der Waals surface area contributed by atoms with Gasteiger partial charge in [-0.15, -0.1) is 0 Å². The number of anilines is 2.